The number of hydrogen-bond donors (Lipinski definition) is 0. The van der Waals surface area contributed by atoms with Gasteiger partial charge in [-0.05, 0) is 47.6 Å². The van der Waals surface area contributed by atoms with Crippen molar-refractivity contribution in [1.29, 1.82) is 0 Å². The van der Waals surface area contributed by atoms with E-state index in [0.29, 0.717) is 11.8 Å². The van der Waals surface area contributed by atoms with E-state index < -0.39 is 0 Å². The maximum atomic E-state index is 12.3. The topological polar surface area (TPSA) is 29.5 Å². The van der Waals surface area contributed by atoms with Gasteiger partial charge >= 0.3 is 0 Å². The molecule has 2 heterocycles. The molecule has 0 saturated carbocycles. The van der Waals surface area contributed by atoms with Crippen LogP contribution >= 0.6 is 0 Å². The number of fused-ring (bicyclic) bond motifs is 1. The smallest absolute Gasteiger partial charge is 0.246 e. The van der Waals surface area contributed by atoms with Gasteiger partial charge in [-0.2, -0.15) is 0 Å². The maximum Gasteiger partial charge on any atom is 0.246 e. The number of likely N-dealkylation sites (tertiary alicyclic amines) is 1. The molecular weight excluding hydrogens is 262 g/mol. The van der Waals surface area contributed by atoms with E-state index >= 15 is 0 Å². The van der Waals surface area contributed by atoms with E-state index in [2.05, 4.69) is 19.9 Å². The van der Waals surface area contributed by atoms with E-state index in [0.717, 1.165) is 37.4 Å². The molecule has 2 aliphatic heterocycles. The number of benzene rings is 1. The van der Waals surface area contributed by atoms with Crippen LogP contribution in [0.1, 0.15) is 31.4 Å². The molecule has 1 aromatic rings. The average molecular weight is 285 g/mol. The molecule has 0 aromatic heterocycles. The van der Waals surface area contributed by atoms with Crippen LogP contribution in [0.4, 0.5) is 0 Å². The first-order valence-corrected chi connectivity index (χ1v) is 7.84. The third-order valence-electron chi connectivity index (χ3n) is 4.31. The van der Waals surface area contributed by atoms with Crippen LogP contribution < -0.4 is 4.74 Å². The van der Waals surface area contributed by atoms with E-state index in [1.807, 2.05) is 23.1 Å². The van der Waals surface area contributed by atoms with Crippen LogP contribution in [0.25, 0.3) is 6.08 Å². The highest BCUT2D eigenvalue weighted by molar-refractivity contribution is 5.91. The highest BCUT2D eigenvalue weighted by Crippen LogP contribution is 2.26. The molecule has 2 aliphatic rings. The molecule has 3 rings (SSSR count). The molecule has 2 unspecified atom stereocenters. The van der Waals surface area contributed by atoms with Gasteiger partial charge in [-0.15, -0.1) is 0 Å². The summed E-state index contributed by atoms with van der Waals surface area (Å²) < 4.78 is 5.50. The van der Waals surface area contributed by atoms with Gasteiger partial charge in [-0.3, -0.25) is 4.79 Å². The van der Waals surface area contributed by atoms with Gasteiger partial charge in [0, 0.05) is 25.6 Å². The van der Waals surface area contributed by atoms with Crippen molar-refractivity contribution < 1.29 is 9.53 Å². The molecular formula is C18H23NO2. The molecule has 1 amide bonds. The first-order valence-electron chi connectivity index (χ1n) is 7.84. The summed E-state index contributed by atoms with van der Waals surface area (Å²) in [6.07, 6.45) is 5.82. The van der Waals surface area contributed by atoms with Crippen molar-refractivity contribution in [3.63, 3.8) is 0 Å². The SMILES string of the molecule is CC1CC(C)CN(C(=O)/C=C/c2ccc3c(c2)CCO3)C1. The average Bonchev–Trinajstić information content (AvgIpc) is 2.91. The summed E-state index contributed by atoms with van der Waals surface area (Å²) in [5.74, 6) is 2.31. The Kier molecular flexibility index (Phi) is 4.00. The predicted molar refractivity (Wildman–Crippen MR) is 84.2 cm³/mol. The first kappa shape index (κ1) is 14.2. The number of amides is 1. The lowest BCUT2D eigenvalue weighted by Crippen LogP contribution is -2.41. The fourth-order valence-corrected chi connectivity index (χ4v) is 3.43. The zero-order valence-corrected chi connectivity index (χ0v) is 12.8. The third kappa shape index (κ3) is 3.29. The summed E-state index contributed by atoms with van der Waals surface area (Å²) in [7, 11) is 0. The normalized spacial score (nSPS) is 25.0. The maximum absolute atomic E-state index is 12.3. The second-order valence-electron chi connectivity index (χ2n) is 6.49. The number of ether oxygens (including phenoxy) is 1. The van der Waals surface area contributed by atoms with E-state index in [4.69, 9.17) is 4.74 Å². The van der Waals surface area contributed by atoms with Gasteiger partial charge in [0.2, 0.25) is 5.91 Å². The fourth-order valence-electron chi connectivity index (χ4n) is 3.43. The summed E-state index contributed by atoms with van der Waals surface area (Å²) in [4.78, 5) is 14.3. The van der Waals surface area contributed by atoms with Crippen molar-refractivity contribution in [2.24, 2.45) is 11.8 Å². The van der Waals surface area contributed by atoms with Crippen molar-refractivity contribution >= 4 is 12.0 Å². The third-order valence-corrected chi connectivity index (χ3v) is 4.31. The molecule has 112 valence electrons. The Morgan fingerprint density at radius 2 is 2.05 bits per heavy atom. The summed E-state index contributed by atoms with van der Waals surface area (Å²) >= 11 is 0. The number of nitrogens with zero attached hydrogens (tertiary/aromatic N) is 1. The molecule has 21 heavy (non-hydrogen) atoms. The Hall–Kier alpha value is -1.77. The molecule has 1 aromatic carbocycles. The Bertz CT molecular complexity index is 554. The zero-order valence-electron chi connectivity index (χ0n) is 12.8. The van der Waals surface area contributed by atoms with E-state index in [9.17, 15) is 4.79 Å². The minimum absolute atomic E-state index is 0.130. The first-order chi connectivity index (χ1) is 10.1. The lowest BCUT2D eigenvalue weighted by atomic mass is 9.92. The highest BCUT2D eigenvalue weighted by atomic mass is 16.5. The Morgan fingerprint density at radius 3 is 2.81 bits per heavy atom. The van der Waals surface area contributed by atoms with E-state index in [1.165, 1.54) is 12.0 Å². The van der Waals surface area contributed by atoms with Crippen molar-refractivity contribution in [2.75, 3.05) is 19.7 Å². The van der Waals surface area contributed by atoms with Crippen LogP contribution in [0.2, 0.25) is 0 Å². The standard InChI is InChI=1S/C18H23NO2/c1-13-9-14(2)12-19(11-13)18(20)6-4-15-3-5-17-16(10-15)7-8-21-17/h3-6,10,13-14H,7-9,11-12H2,1-2H3/b6-4+. The van der Waals surface area contributed by atoms with Gasteiger partial charge in [0.25, 0.3) is 0 Å². The number of hydrogen-bond acceptors (Lipinski definition) is 2. The summed E-state index contributed by atoms with van der Waals surface area (Å²) in [5.41, 5.74) is 2.32. The van der Waals surface area contributed by atoms with Crippen LogP contribution in [0.5, 0.6) is 5.75 Å². The van der Waals surface area contributed by atoms with Gasteiger partial charge in [-0.1, -0.05) is 19.9 Å². The van der Waals surface area contributed by atoms with Crippen LogP contribution in [0, 0.1) is 11.8 Å². The molecule has 0 bridgehead atoms. The van der Waals surface area contributed by atoms with Gasteiger partial charge in [0.15, 0.2) is 0 Å². The highest BCUT2D eigenvalue weighted by Gasteiger charge is 2.24. The lowest BCUT2D eigenvalue weighted by Gasteiger charge is -2.34. The quantitative estimate of drug-likeness (QED) is 0.781. The number of carbonyl (C=O) groups is 1. The van der Waals surface area contributed by atoms with Crippen molar-refractivity contribution in [3.8, 4) is 5.75 Å². The molecule has 1 saturated heterocycles. The monoisotopic (exact) mass is 285 g/mol. The molecule has 0 radical (unpaired) electrons. The predicted octanol–water partition coefficient (Wildman–Crippen LogP) is 3.14. The molecule has 2 atom stereocenters. The molecule has 0 spiro atoms. The lowest BCUT2D eigenvalue weighted by molar-refractivity contribution is -0.128. The summed E-state index contributed by atoms with van der Waals surface area (Å²) in [6, 6.07) is 6.13. The fraction of sp³-hybridized carbons (Fsp3) is 0.500. The second-order valence-corrected chi connectivity index (χ2v) is 6.49. The second kappa shape index (κ2) is 5.92. The van der Waals surface area contributed by atoms with Crippen LogP contribution in [0.15, 0.2) is 24.3 Å². The Labute approximate surface area is 126 Å². The molecule has 3 heteroatoms. The van der Waals surface area contributed by atoms with Crippen LogP contribution in [-0.4, -0.2) is 30.5 Å². The largest absolute Gasteiger partial charge is 0.493 e. The van der Waals surface area contributed by atoms with Gasteiger partial charge in [-0.25, -0.2) is 0 Å². The molecule has 1 fully saturated rings. The summed E-state index contributed by atoms with van der Waals surface area (Å²) in [5, 5.41) is 0. The Balaban J connectivity index is 1.66. The zero-order chi connectivity index (χ0) is 14.8. The minimum Gasteiger partial charge on any atom is -0.493 e. The van der Waals surface area contributed by atoms with Crippen molar-refractivity contribution in [3.05, 3.63) is 35.4 Å². The van der Waals surface area contributed by atoms with E-state index in [-0.39, 0.29) is 5.91 Å². The molecule has 0 N–H and O–H groups in total. The minimum atomic E-state index is 0.130. The Morgan fingerprint density at radius 1 is 1.29 bits per heavy atom. The van der Waals surface area contributed by atoms with E-state index in [1.54, 1.807) is 6.08 Å². The number of piperidine rings is 1. The summed E-state index contributed by atoms with van der Waals surface area (Å²) in [6.45, 7) is 6.97. The number of carbonyl (C=O) groups excluding carboxylic acids is 1. The van der Waals surface area contributed by atoms with Crippen LogP contribution in [0.3, 0.4) is 0 Å². The van der Waals surface area contributed by atoms with Gasteiger partial charge < -0.3 is 9.64 Å². The van der Waals surface area contributed by atoms with Crippen molar-refractivity contribution in [2.45, 2.75) is 26.7 Å². The number of rotatable bonds is 2. The molecule has 0 aliphatic carbocycles. The van der Waals surface area contributed by atoms with Crippen molar-refractivity contribution in [1.82, 2.24) is 4.90 Å². The van der Waals surface area contributed by atoms with Crippen LogP contribution in [-0.2, 0) is 11.2 Å². The van der Waals surface area contributed by atoms with Gasteiger partial charge in [0.1, 0.15) is 5.75 Å². The van der Waals surface area contributed by atoms with Gasteiger partial charge in [0.05, 0.1) is 6.61 Å². The molecule has 3 nitrogen and oxygen atoms in total.